The van der Waals surface area contributed by atoms with Crippen LogP contribution in [0.2, 0.25) is 0 Å². The maximum Gasteiger partial charge on any atom is 0.245 e. The van der Waals surface area contributed by atoms with Crippen molar-refractivity contribution in [2.75, 3.05) is 13.2 Å². The Labute approximate surface area is 262 Å². The van der Waals surface area contributed by atoms with E-state index in [0.717, 1.165) is 6.92 Å². The van der Waals surface area contributed by atoms with E-state index in [1.165, 1.54) is 13.8 Å². The van der Waals surface area contributed by atoms with Gasteiger partial charge in [-0.1, -0.05) is 27.7 Å². The van der Waals surface area contributed by atoms with Crippen molar-refractivity contribution in [2.45, 2.75) is 97.6 Å². The molecule has 256 valence electrons. The molecule has 0 fully saturated rings. The molecule has 0 saturated heterocycles. The molecule has 0 radical (unpaired) electrons. The third kappa shape index (κ3) is 15.2. The number of amides is 7. The summed E-state index contributed by atoms with van der Waals surface area (Å²) in [7, 11) is 0. The van der Waals surface area contributed by atoms with Gasteiger partial charge in [-0.3, -0.25) is 38.6 Å². The zero-order chi connectivity index (χ0) is 35.0. The molecule has 0 rings (SSSR count). The van der Waals surface area contributed by atoms with Crippen molar-refractivity contribution in [3.05, 3.63) is 0 Å². The number of aliphatic hydroxyl groups excluding tert-OH is 1. The van der Waals surface area contributed by atoms with Gasteiger partial charge in [0.1, 0.15) is 36.3 Å². The summed E-state index contributed by atoms with van der Waals surface area (Å²) in [6, 6.07) is -6.86. The SMILES string of the molecule is CC(=O)N[C@@H](CO)C(=O)N[C@@H](C)C(=O)N[C@@H](CCCN=C(N)N)C(=O)N[C@H](C(=O)N[C@@H](C)C(=O)N[C@H](C(N)=O)C(C)C)C(C)C. The van der Waals surface area contributed by atoms with Crippen molar-refractivity contribution >= 4 is 47.3 Å². The molecular weight excluding hydrogens is 592 g/mol. The largest absolute Gasteiger partial charge is 0.394 e. The molecule has 0 saturated carbocycles. The lowest BCUT2D eigenvalue weighted by atomic mass is 10.0. The Kier molecular flexibility index (Phi) is 17.8. The number of hydrogen-bond acceptors (Lipinski definition) is 9. The van der Waals surface area contributed by atoms with Gasteiger partial charge < -0.3 is 54.2 Å². The first-order valence-electron chi connectivity index (χ1n) is 14.6. The van der Waals surface area contributed by atoms with E-state index in [2.05, 4.69) is 36.9 Å². The predicted octanol–water partition coefficient (Wildman–Crippen LogP) is -4.20. The highest BCUT2D eigenvalue weighted by Gasteiger charge is 2.32. The minimum absolute atomic E-state index is 0.0368. The summed E-state index contributed by atoms with van der Waals surface area (Å²) in [5.41, 5.74) is 16.0. The van der Waals surface area contributed by atoms with Crippen molar-refractivity contribution in [2.24, 2.45) is 34.0 Å². The van der Waals surface area contributed by atoms with Gasteiger partial charge in [0.15, 0.2) is 5.96 Å². The van der Waals surface area contributed by atoms with E-state index in [0.29, 0.717) is 0 Å². The predicted molar refractivity (Wildman–Crippen MR) is 164 cm³/mol. The van der Waals surface area contributed by atoms with Gasteiger partial charge in [0.05, 0.1) is 6.61 Å². The van der Waals surface area contributed by atoms with E-state index in [1.807, 2.05) is 0 Å². The van der Waals surface area contributed by atoms with Gasteiger partial charge in [0, 0.05) is 13.5 Å². The molecule has 18 nitrogen and oxygen atoms in total. The minimum Gasteiger partial charge on any atom is -0.394 e. The molecule has 0 bridgehead atoms. The highest BCUT2D eigenvalue weighted by atomic mass is 16.3. The Morgan fingerprint density at radius 2 is 1.09 bits per heavy atom. The number of nitrogens with one attached hydrogen (secondary N) is 6. The first-order chi connectivity index (χ1) is 20.8. The Bertz CT molecular complexity index is 1090. The number of primary amides is 1. The fourth-order valence-corrected chi connectivity index (χ4v) is 3.89. The van der Waals surface area contributed by atoms with Crippen molar-refractivity contribution in [3.63, 3.8) is 0 Å². The van der Waals surface area contributed by atoms with E-state index in [4.69, 9.17) is 17.2 Å². The van der Waals surface area contributed by atoms with Crippen molar-refractivity contribution in [3.8, 4) is 0 Å². The number of nitrogens with zero attached hydrogens (tertiary/aromatic N) is 1. The van der Waals surface area contributed by atoms with Crippen LogP contribution in [0.4, 0.5) is 0 Å². The van der Waals surface area contributed by atoms with Gasteiger partial charge >= 0.3 is 0 Å². The van der Waals surface area contributed by atoms with E-state index in [9.17, 15) is 38.7 Å². The smallest absolute Gasteiger partial charge is 0.245 e. The van der Waals surface area contributed by atoms with Gasteiger partial charge in [-0.05, 0) is 38.5 Å². The molecule has 0 heterocycles. The lowest BCUT2D eigenvalue weighted by Crippen LogP contribution is -2.60. The summed E-state index contributed by atoms with van der Waals surface area (Å²) in [4.78, 5) is 91.3. The lowest BCUT2D eigenvalue weighted by molar-refractivity contribution is -0.136. The molecule has 0 aromatic heterocycles. The standard InChI is InChI=1S/C27H50N10O8/c1-12(2)19(21(28)40)36-23(42)15(6)33-26(45)20(13(3)4)37-24(43)17(9-8-10-31-27(29)30)35-22(41)14(5)32-25(44)18(11-38)34-16(7)39/h12-15,17-20,38H,8-11H2,1-7H3,(H2,28,40)(H,32,44)(H,33,45)(H,34,39)(H,35,41)(H,36,42)(H,37,43)(H4,29,30,31)/t14-,15-,17-,18-,19-,20-/m0/s1. The zero-order valence-electron chi connectivity index (χ0n) is 26.9. The third-order valence-electron chi connectivity index (χ3n) is 6.48. The Morgan fingerprint density at radius 1 is 0.622 bits per heavy atom. The average Bonchev–Trinajstić information content (AvgIpc) is 2.93. The fraction of sp³-hybridized carbons (Fsp3) is 0.704. The molecule has 0 aliphatic carbocycles. The number of hydrogen-bond donors (Lipinski definition) is 10. The van der Waals surface area contributed by atoms with Crippen LogP contribution in [0, 0.1) is 11.8 Å². The van der Waals surface area contributed by atoms with Gasteiger partial charge in [0.2, 0.25) is 41.4 Å². The van der Waals surface area contributed by atoms with Crippen LogP contribution in [0.15, 0.2) is 4.99 Å². The van der Waals surface area contributed by atoms with Gasteiger partial charge in [-0.2, -0.15) is 0 Å². The first-order valence-corrected chi connectivity index (χ1v) is 14.6. The normalized spacial score (nSPS) is 14.9. The summed E-state index contributed by atoms with van der Waals surface area (Å²) in [5.74, 6) is -5.90. The van der Waals surface area contributed by atoms with Crippen LogP contribution in [0.25, 0.3) is 0 Å². The number of aliphatic hydroxyl groups is 1. The molecule has 0 aromatic carbocycles. The number of carbonyl (C=O) groups excluding carboxylic acids is 7. The second kappa shape index (κ2) is 19.7. The molecule has 0 aliphatic heterocycles. The molecule has 0 unspecified atom stereocenters. The molecular formula is C27H50N10O8. The molecule has 18 heteroatoms. The van der Waals surface area contributed by atoms with Crippen molar-refractivity contribution in [1.82, 2.24) is 31.9 Å². The number of nitrogens with two attached hydrogens (primary N) is 3. The quantitative estimate of drug-likeness (QED) is 0.0368. The van der Waals surface area contributed by atoms with Crippen LogP contribution in [0.1, 0.15) is 61.3 Å². The summed E-state index contributed by atoms with van der Waals surface area (Å²) >= 11 is 0. The highest BCUT2D eigenvalue weighted by molar-refractivity contribution is 5.96. The lowest BCUT2D eigenvalue weighted by Gasteiger charge is -2.28. The van der Waals surface area contributed by atoms with Gasteiger partial charge in [-0.25, -0.2) is 0 Å². The van der Waals surface area contributed by atoms with E-state index in [-0.39, 0.29) is 31.3 Å². The molecule has 0 spiro atoms. The first kappa shape index (κ1) is 40.5. The van der Waals surface area contributed by atoms with E-state index < -0.39 is 90.1 Å². The molecule has 7 amide bonds. The minimum atomic E-state index is -1.29. The number of aliphatic imine (C=N–C) groups is 1. The second-order valence-corrected chi connectivity index (χ2v) is 11.3. The van der Waals surface area contributed by atoms with E-state index >= 15 is 0 Å². The molecule has 0 aliphatic rings. The maximum absolute atomic E-state index is 13.4. The zero-order valence-corrected chi connectivity index (χ0v) is 26.9. The summed E-state index contributed by atoms with van der Waals surface area (Å²) in [5, 5.41) is 24.1. The average molecular weight is 643 g/mol. The number of guanidine groups is 1. The van der Waals surface area contributed by atoms with Gasteiger partial charge in [-0.15, -0.1) is 0 Å². The van der Waals surface area contributed by atoms with Crippen molar-refractivity contribution < 1.29 is 38.7 Å². The fourth-order valence-electron chi connectivity index (χ4n) is 3.89. The van der Waals surface area contributed by atoms with Crippen LogP contribution in [0.5, 0.6) is 0 Å². The number of rotatable bonds is 19. The number of carbonyl (C=O) groups is 7. The van der Waals surface area contributed by atoms with Crippen LogP contribution < -0.4 is 49.1 Å². The molecule has 13 N–H and O–H groups in total. The summed E-state index contributed by atoms with van der Waals surface area (Å²) in [6.45, 7) is 10.0. The van der Waals surface area contributed by atoms with Crippen molar-refractivity contribution in [1.29, 1.82) is 0 Å². The monoisotopic (exact) mass is 642 g/mol. The summed E-state index contributed by atoms with van der Waals surface area (Å²) in [6.07, 6.45) is 0.286. The Hall–Kier alpha value is -4.48. The van der Waals surface area contributed by atoms with Crippen LogP contribution >= 0.6 is 0 Å². The highest BCUT2D eigenvalue weighted by Crippen LogP contribution is 2.07. The molecule has 45 heavy (non-hydrogen) atoms. The second-order valence-electron chi connectivity index (χ2n) is 11.3. The third-order valence-corrected chi connectivity index (χ3v) is 6.48. The van der Waals surface area contributed by atoms with Crippen LogP contribution in [-0.2, 0) is 33.6 Å². The van der Waals surface area contributed by atoms with Crippen LogP contribution in [0.3, 0.4) is 0 Å². The Morgan fingerprint density at radius 3 is 1.53 bits per heavy atom. The molecule has 6 atom stereocenters. The van der Waals surface area contributed by atoms with Gasteiger partial charge in [0.25, 0.3) is 0 Å². The maximum atomic E-state index is 13.4. The van der Waals surface area contributed by atoms with Crippen LogP contribution in [-0.4, -0.2) is 102 Å². The Balaban J connectivity index is 5.72. The molecule has 0 aromatic rings. The topological polar surface area (TPSA) is 302 Å². The summed E-state index contributed by atoms with van der Waals surface area (Å²) < 4.78 is 0. The van der Waals surface area contributed by atoms with E-state index in [1.54, 1.807) is 27.7 Å².